The molecule has 6 heteroatoms. The van der Waals surface area contributed by atoms with Crippen LogP contribution in [0.4, 0.5) is 13.2 Å². The number of carbonyl (C=O) groups is 1. The molecule has 0 radical (unpaired) electrons. The zero-order chi connectivity index (χ0) is 16.4. The molecule has 1 heterocycles. The molecule has 23 heavy (non-hydrogen) atoms. The van der Waals surface area contributed by atoms with Gasteiger partial charge in [-0.3, -0.25) is 4.79 Å². The lowest BCUT2D eigenvalue weighted by Gasteiger charge is -2.28. The van der Waals surface area contributed by atoms with Gasteiger partial charge in [-0.2, -0.15) is 13.2 Å². The maximum absolute atomic E-state index is 13.7. The normalized spacial score (nSPS) is 21.8. The summed E-state index contributed by atoms with van der Waals surface area (Å²) in [7, 11) is 0. The summed E-state index contributed by atoms with van der Waals surface area (Å²) in [5.41, 5.74) is -2.75. The van der Waals surface area contributed by atoms with Crippen LogP contribution in [0.25, 0.3) is 11.1 Å². The van der Waals surface area contributed by atoms with E-state index in [1.807, 2.05) is 0 Å². The average molecular weight is 319 g/mol. The van der Waals surface area contributed by atoms with Crippen molar-refractivity contribution in [3.63, 3.8) is 0 Å². The quantitative estimate of drug-likeness (QED) is 0.821. The minimum Gasteiger partial charge on any atom is -0.372 e. The van der Waals surface area contributed by atoms with Crippen LogP contribution in [0.1, 0.15) is 21.5 Å². The number of alkyl halides is 3. The maximum atomic E-state index is 13.7. The number of benzene rings is 2. The van der Waals surface area contributed by atoms with Gasteiger partial charge < -0.3 is 10.0 Å². The number of carbonyl (C=O) groups excluding carboxylic acids is 1. The Balaban J connectivity index is 1.96. The molecule has 0 spiro atoms. The third-order valence-corrected chi connectivity index (χ3v) is 4.41. The monoisotopic (exact) mass is 319 g/mol. The lowest BCUT2D eigenvalue weighted by atomic mass is 9.90. The van der Waals surface area contributed by atoms with E-state index in [-0.39, 0.29) is 22.6 Å². The van der Waals surface area contributed by atoms with E-state index in [1.54, 1.807) is 12.1 Å². The highest BCUT2D eigenvalue weighted by Gasteiger charge is 2.60. The molecule has 1 aliphatic carbocycles. The number of amides is 1. The smallest absolute Gasteiger partial charge is 0.372 e. The van der Waals surface area contributed by atoms with Gasteiger partial charge in [-0.15, -0.1) is 0 Å². The Labute approximate surface area is 130 Å². The molecule has 0 saturated carbocycles. The number of aliphatic hydroxyl groups is 1. The van der Waals surface area contributed by atoms with Gasteiger partial charge in [-0.25, -0.2) is 0 Å². The van der Waals surface area contributed by atoms with Crippen LogP contribution in [-0.2, 0) is 5.60 Å². The first-order chi connectivity index (χ1) is 10.8. The van der Waals surface area contributed by atoms with Crippen molar-refractivity contribution in [3.05, 3.63) is 59.2 Å². The van der Waals surface area contributed by atoms with Crippen LogP contribution in [0.2, 0.25) is 0 Å². The molecule has 1 amide bonds. The highest BCUT2D eigenvalue weighted by Crippen LogP contribution is 2.55. The standard InChI is InChI=1S/C17H12F3NO2/c18-17(19,20)16(23)13-4-2-1-3-11(13)12-6-5-10(9-14(12)16)15(22)21-7-8-21/h1-6,9,23H,7-8H2. The molecule has 2 aromatic carbocycles. The summed E-state index contributed by atoms with van der Waals surface area (Å²) in [5, 5.41) is 10.5. The number of nitrogens with zero attached hydrogens (tertiary/aromatic N) is 1. The highest BCUT2D eigenvalue weighted by molar-refractivity contribution is 5.97. The molecule has 0 bridgehead atoms. The molecular formula is C17H12F3NO2. The van der Waals surface area contributed by atoms with Gasteiger partial charge in [0.2, 0.25) is 5.60 Å². The molecule has 1 saturated heterocycles. The van der Waals surface area contributed by atoms with Crippen LogP contribution in [0.5, 0.6) is 0 Å². The van der Waals surface area contributed by atoms with Crippen LogP contribution in [0.15, 0.2) is 42.5 Å². The fourth-order valence-corrected chi connectivity index (χ4v) is 3.13. The number of halogens is 3. The van der Waals surface area contributed by atoms with Gasteiger partial charge in [-0.05, 0) is 23.3 Å². The summed E-state index contributed by atoms with van der Waals surface area (Å²) in [5.74, 6) is -0.312. The number of hydrogen-bond acceptors (Lipinski definition) is 2. The number of hydrogen-bond donors (Lipinski definition) is 1. The van der Waals surface area contributed by atoms with E-state index in [1.165, 1.54) is 35.2 Å². The minimum atomic E-state index is -4.88. The second-order valence-corrected chi connectivity index (χ2v) is 5.81. The topological polar surface area (TPSA) is 40.3 Å². The molecule has 1 unspecified atom stereocenters. The maximum Gasteiger partial charge on any atom is 0.425 e. The first-order valence-corrected chi connectivity index (χ1v) is 7.17. The molecular weight excluding hydrogens is 307 g/mol. The summed E-state index contributed by atoms with van der Waals surface area (Å²) in [6.07, 6.45) is -4.88. The largest absolute Gasteiger partial charge is 0.425 e. The predicted molar refractivity (Wildman–Crippen MR) is 76.8 cm³/mol. The SMILES string of the molecule is O=C(c1ccc2c(c1)C(O)(C(F)(F)F)c1ccccc1-2)N1CC1. The molecule has 0 aromatic heterocycles. The van der Waals surface area contributed by atoms with E-state index >= 15 is 0 Å². The van der Waals surface area contributed by atoms with E-state index in [0.29, 0.717) is 24.2 Å². The Morgan fingerprint density at radius 3 is 2.35 bits per heavy atom. The van der Waals surface area contributed by atoms with E-state index in [9.17, 15) is 23.1 Å². The van der Waals surface area contributed by atoms with Gasteiger partial charge in [-0.1, -0.05) is 30.3 Å². The molecule has 1 atom stereocenters. The Bertz CT molecular complexity index is 827. The molecule has 1 N–H and O–H groups in total. The van der Waals surface area contributed by atoms with Crippen molar-refractivity contribution in [2.75, 3.05) is 13.1 Å². The molecule has 2 aromatic rings. The van der Waals surface area contributed by atoms with E-state index in [4.69, 9.17) is 0 Å². The van der Waals surface area contributed by atoms with Gasteiger partial charge in [0, 0.05) is 29.8 Å². The Kier molecular flexibility index (Phi) is 2.70. The first-order valence-electron chi connectivity index (χ1n) is 7.17. The van der Waals surface area contributed by atoms with Crippen molar-refractivity contribution < 1.29 is 23.1 Å². The second-order valence-electron chi connectivity index (χ2n) is 5.81. The zero-order valence-electron chi connectivity index (χ0n) is 11.9. The van der Waals surface area contributed by atoms with Crippen molar-refractivity contribution in [1.82, 2.24) is 4.90 Å². The molecule has 3 nitrogen and oxygen atoms in total. The Morgan fingerprint density at radius 1 is 1.04 bits per heavy atom. The van der Waals surface area contributed by atoms with Crippen LogP contribution in [-0.4, -0.2) is 35.2 Å². The molecule has 2 aliphatic rings. The van der Waals surface area contributed by atoms with Crippen LogP contribution < -0.4 is 0 Å². The van der Waals surface area contributed by atoms with Crippen LogP contribution >= 0.6 is 0 Å². The molecule has 4 rings (SSSR count). The summed E-state index contributed by atoms with van der Waals surface area (Å²) >= 11 is 0. The average Bonchev–Trinajstić information content (AvgIpc) is 3.33. The number of fused-ring (bicyclic) bond motifs is 3. The molecule has 118 valence electrons. The van der Waals surface area contributed by atoms with E-state index in [0.717, 1.165) is 0 Å². The second kappa shape index (κ2) is 4.35. The van der Waals surface area contributed by atoms with Crippen molar-refractivity contribution in [3.8, 4) is 11.1 Å². The van der Waals surface area contributed by atoms with Gasteiger partial charge in [0.25, 0.3) is 5.91 Å². The van der Waals surface area contributed by atoms with Gasteiger partial charge in [0.05, 0.1) is 0 Å². The fourth-order valence-electron chi connectivity index (χ4n) is 3.13. The lowest BCUT2D eigenvalue weighted by Crippen LogP contribution is -2.41. The third-order valence-electron chi connectivity index (χ3n) is 4.41. The molecule has 1 aliphatic heterocycles. The first kappa shape index (κ1) is 14.3. The third kappa shape index (κ3) is 1.84. The highest BCUT2D eigenvalue weighted by atomic mass is 19.4. The Morgan fingerprint density at radius 2 is 1.70 bits per heavy atom. The summed E-state index contributed by atoms with van der Waals surface area (Å²) in [4.78, 5) is 13.6. The lowest BCUT2D eigenvalue weighted by molar-refractivity contribution is -0.246. The van der Waals surface area contributed by atoms with E-state index in [2.05, 4.69) is 0 Å². The van der Waals surface area contributed by atoms with Crippen molar-refractivity contribution in [2.24, 2.45) is 0 Å². The van der Waals surface area contributed by atoms with Crippen LogP contribution in [0.3, 0.4) is 0 Å². The van der Waals surface area contributed by atoms with Gasteiger partial charge in [0.15, 0.2) is 0 Å². The Hall–Kier alpha value is -2.34. The summed E-state index contributed by atoms with van der Waals surface area (Å²) < 4.78 is 41.0. The van der Waals surface area contributed by atoms with Crippen molar-refractivity contribution in [2.45, 2.75) is 11.8 Å². The minimum absolute atomic E-state index is 0.164. The number of rotatable bonds is 1. The van der Waals surface area contributed by atoms with E-state index < -0.39 is 11.8 Å². The van der Waals surface area contributed by atoms with Crippen molar-refractivity contribution >= 4 is 5.91 Å². The summed E-state index contributed by atoms with van der Waals surface area (Å²) in [6, 6.07) is 10.1. The van der Waals surface area contributed by atoms with Gasteiger partial charge in [0.1, 0.15) is 0 Å². The van der Waals surface area contributed by atoms with Crippen molar-refractivity contribution in [1.29, 1.82) is 0 Å². The summed E-state index contributed by atoms with van der Waals surface area (Å²) in [6.45, 7) is 1.22. The zero-order valence-corrected chi connectivity index (χ0v) is 11.9. The van der Waals surface area contributed by atoms with Crippen LogP contribution in [0, 0.1) is 0 Å². The van der Waals surface area contributed by atoms with Gasteiger partial charge >= 0.3 is 6.18 Å². The molecule has 1 fully saturated rings. The fraction of sp³-hybridized carbons (Fsp3) is 0.235. The predicted octanol–water partition coefficient (Wildman–Crippen LogP) is 2.92.